The second-order valence-electron chi connectivity index (χ2n) is 7.40. The van der Waals surface area contributed by atoms with Crippen LogP contribution in [0.4, 0.5) is 5.82 Å². The van der Waals surface area contributed by atoms with Crippen LogP contribution in [0.25, 0.3) is 11.3 Å². The number of likely N-dealkylation sites (tertiary alicyclic amines) is 1. The molecular formula is C20H26N4O. The van der Waals surface area contributed by atoms with Gasteiger partial charge in [-0.15, -0.1) is 10.2 Å². The molecule has 0 unspecified atom stereocenters. The van der Waals surface area contributed by atoms with E-state index in [9.17, 15) is 5.11 Å². The summed E-state index contributed by atoms with van der Waals surface area (Å²) in [4.78, 5) is 4.87. The summed E-state index contributed by atoms with van der Waals surface area (Å²) in [6.07, 6.45) is 4.66. The minimum Gasteiger partial charge on any atom is -0.507 e. The zero-order valence-corrected chi connectivity index (χ0v) is 15.1. The number of aryl methyl sites for hydroxylation is 2. The molecule has 0 bridgehead atoms. The Balaban J connectivity index is 1.69. The molecule has 3 heterocycles. The highest BCUT2D eigenvalue weighted by molar-refractivity contribution is 5.71. The highest BCUT2D eigenvalue weighted by Crippen LogP contribution is 2.35. The molecule has 2 aromatic rings. The van der Waals surface area contributed by atoms with Gasteiger partial charge in [-0.3, -0.25) is 0 Å². The average Bonchev–Trinajstić information content (AvgIpc) is 2.61. The minimum atomic E-state index is 0.274. The standard InChI is InChI=1S/C20H26N4O/c1-14-6-3-9-18(25)19(14)17-12-15-7-4-11-24(20(15)22-21-17)16-8-5-10-23(2)13-16/h3,6,9,12,16,25H,4-5,7-8,10-11,13H2,1-2H3/t16-/m0/s1. The Labute approximate surface area is 149 Å². The van der Waals surface area contributed by atoms with Crippen LogP contribution in [-0.2, 0) is 6.42 Å². The van der Waals surface area contributed by atoms with Gasteiger partial charge >= 0.3 is 0 Å². The molecular weight excluding hydrogens is 312 g/mol. The largest absolute Gasteiger partial charge is 0.507 e. The monoisotopic (exact) mass is 338 g/mol. The Morgan fingerprint density at radius 2 is 2.04 bits per heavy atom. The van der Waals surface area contributed by atoms with Gasteiger partial charge in [0.1, 0.15) is 5.75 Å². The van der Waals surface area contributed by atoms with Crippen molar-refractivity contribution in [3.8, 4) is 17.0 Å². The molecule has 5 nitrogen and oxygen atoms in total. The first-order valence-corrected chi connectivity index (χ1v) is 9.24. The van der Waals surface area contributed by atoms with Gasteiger partial charge in [-0.05, 0) is 69.5 Å². The van der Waals surface area contributed by atoms with Gasteiger partial charge < -0.3 is 14.9 Å². The number of piperidine rings is 1. The molecule has 5 heteroatoms. The smallest absolute Gasteiger partial charge is 0.154 e. The van der Waals surface area contributed by atoms with Crippen molar-refractivity contribution >= 4 is 5.82 Å². The topological polar surface area (TPSA) is 52.5 Å². The number of rotatable bonds is 2. The third-order valence-electron chi connectivity index (χ3n) is 5.52. The van der Waals surface area contributed by atoms with Gasteiger partial charge in [0.2, 0.25) is 0 Å². The number of hydrogen-bond donors (Lipinski definition) is 1. The summed E-state index contributed by atoms with van der Waals surface area (Å²) in [5.74, 6) is 1.32. The lowest BCUT2D eigenvalue weighted by molar-refractivity contribution is 0.242. The Kier molecular flexibility index (Phi) is 4.34. The van der Waals surface area contributed by atoms with Crippen molar-refractivity contribution in [1.29, 1.82) is 0 Å². The summed E-state index contributed by atoms with van der Waals surface area (Å²) in [5.41, 5.74) is 3.85. The van der Waals surface area contributed by atoms with Crippen LogP contribution in [0, 0.1) is 6.92 Å². The molecule has 2 aliphatic rings. The number of aromatic nitrogens is 2. The van der Waals surface area contributed by atoms with Crippen LogP contribution in [0.2, 0.25) is 0 Å². The number of fused-ring (bicyclic) bond motifs is 1. The van der Waals surface area contributed by atoms with Crippen molar-refractivity contribution < 1.29 is 5.11 Å². The Morgan fingerprint density at radius 3 is 2.84 bits per heavy atom. The zero-order valence-electron chi connectivity index (χ0n) is 15.1. The normalized spacial score (nSPS) is 21.2. The van der Waals surface area contributed by atoms with Crippen molar-refractivity contribution in [2.75, 3.05) is 31.6 Å². The lowest BCUT2D eigenvalue weighted by atomic mass is 9.97. The zero-order chi connectivity index (χ0) is 17.4. The molecule has 0 amide bonds. The van der Waals surface area contributed by atoms with Crippen LogP contribution in [-0.4, -0.2) is 52.9 Å². The molecule has 25 heavy (non-hydrogen) atoms. The third-order valence-corrected chi connectivity index (χ3v) is 5.52. The summed E-state index contributed by atoms with van der Waals surface area (Å²) < 4.78 is 0. The van der Waals surface area contributed by atoms with Crippen LogP contribution >= 0.6 is 0 Å². The van der Waals surface area contributed by atoms with E-state index in [0.29, 0.717) is 6.04 Å². The Morgan fingerprint density at radius 1 is 1.16 bits per heavy atom. The number of hydrogen-bond acceptors (Lipinski definition) is 5. The summed E-state index contributed by atoms with van der Waals surface area (Å²) in [6, 6.07) is 8.24. The van der Waals surface area contributed by atoms with Crippen LogP contribution in [0.5, 0.6) is 5.75 Å². The van der Waals surface area contributed by atoms with E-state index in [-0.39, 0.29) is 5.75 Å². The van der Waals surface area contributed by atoms with Crippen LogP contribution in [0.3, 0.4) is 0 Å². The fourth-order valence-corrected chi connectivity index (χ4v) is 4.25. The average molecular weight is 338 g/mol. The number of phenols is 1. The molecule has 0 saturated carbocycles. The first-order valence-electron chi connectivity index (χ1n) is 9.24. The van der Waals surface area contributed by atoms with Crippen LogP contribution < -0.4 is 4.90 Å². The number of likely N-dealkylation sites (N-methyl/N-ethyl adjacent to an activating group) is 1. The van der Waals surface area contributed by atoms with Gasteiger partial charge in [0.15, 0.2) is 5.82 Å². The van der Waals surface area contributed by atoms with Crippen LogP contribution in [0.1, 0.15) is 30.4 Å². The maximum absolute atomic E-state index is 10.3. The fourth-order valence-electron chi connectivity index (χ4n) is 4.25. The van der Waals surface area contributed by atoms with Gasteiger partial charge in [0.05, 0.1) is 5.69 Å². The van der Waals surface area contributed by atoms with E-state index in [2.05, 4.69) is 33.1 Å². The SMILES string of the molecule is Cc1cccc(O)c1-c1cc2c(nn1)N([C@H]1CCCN(C)C1)CCC2. The predicted octanol–water partition coefficient (Wildman–Crippen LogP) is 3.00. The van der Waals surface area contributed by atoms with E-state index in [1.807, 2.05) is 19.1 Å². The van der Waals surface area contributed by atoms with Gasteiger partial charge in [0, 0.05) is 24.7 Å². The molecule has 1 saturated heterocycles. The lowest BCUT2D eigenvalue weighted by Crippen LogP contribution is -2.49. The molecule has 1 N–H and O–H groups in total. The minimum absolute atomic E-state index is 0.274. The van der Waals surface area contributed by atoms with E-state index in [1.54, 1.807) is 6.07 Å². The molecule has 1 fully saturated rings. The maximum Gasteiger partial charge on any atom is 0.154 e. The lowest BCUT2D eigenvalue weighted by Gasteiger charge is -2.41. The molecule has 132 valence electrons. The van der Waals surface area contributed by atoms with Gasteiger partial charge in [-0.2, -0.15) is 0 Å². The number of phenolic OH excluding ortho intramolecular Hbond substituents is 1. The van der Waals surface area contributed by atoms with Crippen molar-refractivity contribution in [2.45, 2.75) is 38.6 Å². The summed E-state index contributed by atoms with van der Waals surface area (Å²) in [6.45, 7) is 5.35. The second kappa shape index (κ2) is 6.64. The van der Waals surface area contributed by atoms with Crippen LogP contribution in [0.15, 0.2) is 24.3 Å². The Hall–Kier alpha value is -2.14. The molecule has 2 aliphatic heterocycles. The number of benzene rings is 1. The molecule has 0 aliphatic carbocycles. The quantitative estimate of drug-likeness (QED) is 0.912. The van der Waals surface area contributed by atoms with E-state index >= 15 is 0 Å². The van der Waals surface area contributed by atoms with E-state index < -0.39 is 0 Å². The Bertz CT molecular complexity index is 756. The molecule has 4 rings (SSSR count). The van der Waals surface area contributed by atoms with E-state index in [1.165, 1.54) is 24.9 Å². The number of anilines is 1. The summed E-state index contributed by atoms with van der Waals surface area (Å²) in [5, 5.41) is 19.3. The predicted molar refractivity (Wildman–Crippen MR) is 100 cm³/mol. The molecule has 0 radical (unpaired) electrons. The molecule has 1 atom stereocenters. The second-order valence-corrected chi connectivity index (χ2v) is 7.40. The fraction of sp³-hybridized carbons (Fsp3) is 0.500. The van der Waals surface area contributed by atoms with E-state index in [0.717, 1.165) is 48.6 Å². The summed E-state index contributed by atoms with van der Waals surface area (Å²) >= 11 is 0. The van der Waals surface area contributed by atoms with Gasteiger partial charge in [-0.1, -0.05) is 12.1 Å². The van der Waals surface area contributed by atoms with Gasteiger partial charge in [0.25, 0.3) is 0 Å². The highest BCUT2D eigenvalue weighted by Gasteiger charge is 2.29. The highest BCUT2D eigenvalue weighted by atomic mass is 16.3. The van der Waals surface area contributed by atoms with Crippen molar-refractivity contribution in [2.24, 2.45) is 0 Å². The first kappa shape index (κ1) is 16.3. The van der Waals surface area contributed by atoms with Gasteiger partial charge in [-0.25, -0.2) is 0 Å². The van der Waals surface area contributed by atoms with Crippen molar-refractivity contribution in [3.05, 3.63) is 35.4 Å². The third kappa shape index (κ3) is 3.09. The molecule has 1 aromatic carbocycles. The first-order chi connectivity index (χ1) is 12.1. The molecule has 0 spiro atoms. The number of nitrogens with zero attached hydrogens (tertiary/aromatic N) is 4. The van der Waals surface area contributed by atoms with Crippen molar-refractivity contribution in [1.82, 2.24) is 15.1 Å². The number of aromatic hydroxyl groups is 1. The molecule has 1 aromatic heterocycles. The maximum atomic E-state index is 10.3. The van der Waals surface area contributed by atoms with E-state index in [4.69, 9.17) is 0 Å². The van der Waals surface area contributed by atoms with Crippen molar-refractivity contribution in [3.63, 3.8) is 0 Å². The summed E-state index contributed by atoms with van der Waals surface area (Å²) in [7, 11) is 2.20.